The van der Waals surface area contributed by atoms with E-state index in [2.05, 4.69) is 10.0 Å². The fraction of sp³-hybridized carbons (Fsp3) is 0.400. The molecule has 0 aliphatic rings. The molecule has 1 aromatic rings. The summed E-state index contributed by atoms with van der Waals surface area (Å²) < 4.78 is 4.99. The molecule has 0 spiro atoms. The van der Waals surface area contributed by atoms with Crippen LogP contribution in [-0.4, -0.2) is 30.0 Å². The van der Waals surface area contributed by atoms with E-state index in [1.807, 2.05) is 0 Å². The van der Waals surface area contributed by atoms with E-state index in [1.165, 1.54) is 13.2 Å². The van der Waals surface area contributed by atoms with Crippen molar-refractivity contribution in [1.29, 1.82) is 0 Å². The maximum absolute atomic E-state index is 9.85. The lowest BCUT2D eigenvalue weighted by atomic mass is 10.0. The third kappa shape index (κ3) is 3.25. The van der Waals surface area contributed by atoms with E-state index in [4.69, 9.17) is 16.0 Å². The smallest absolute Gasteiger partial charge is 0.119 e. The molecule has 1 rings (SSSR count). The molecule has 0 aliphatic carbocycles. The Labute approximate surface area is 98.1 Å². The van der Waals surface area contributed by atoms with Crippen molar-refractivity contribution in [3.8, 4) is 5.75 Å². The van der Waals surface area contributed by atoms with Crippen LogP contribution in [0.4, 0.5) is 5.69 Å². The van der Waals surface area contributed by atoms with Gasteiger partial charge in [0, 0.05) is 16.2 Å². The van der Waals surface area contributed by atoms with Crippen molar-refractivity contribution in [2.45, 2.75) is 12.2 Å². The molecule has 2 atom stereocenters. The molecule has 0 saturated heterocycles. The summed E-state index contributed by atoms with van der Waals surface area (Å²) in [4.78, 5) is 2.51. The molecule has 0 radical (unpaired) electrons. The predicted molar refractivity (Wildman–Crippen MR) is 62.4 cm³/mol. The molecular weight excluding hydrogens is 224 g/mol. The molecule has 0 saturated carbocycles. The van der Waals surface area contributed by atoms with Gasteiger partial charge < -0.3 is 20.7 Å². The van der Waals surface area contributed by atoms with Crippen molar-refractivity contribution in [2.75, 3.05) is 19.4 Å². The molecule has 1 aromatic carbocycles. The van der Waals surface area contributed by atoms with Gasteiger partial charge in [-0.3, -0.25) is 0 Å². The number of ether oxygens (including phenoxy) is 1. The average Bonchev–Trinajstić information content (AvgIpc) is 2.35. The van der Waals surface area contributed by atoms with Gasteiger partial charge in [-0.2, -0.15) is 0 Å². The van der Waals surface area contributed by atoms with E-state index in [0.29, 0.717) is 17.0 Å². The summed E-state index contributed by atoms with van der Waals surface area (Å²) in [6.45, 7) is -0.228. The van der Waals surface area contributed by atoms with E-state index in [0.717, 1.165) is 0 Å². The largest absolute Gasteiger partial charge is 0.497 e. The Hall–Kier alpha value is -1.95. The number of rotatable bonds is 5. The highest BCUT2D eigenvalue weighted by molar-refractivity contribution is 5.51. The van der Waals surface area contributed by atoms with Gasteiger partial charge in [0.2, 0.25) is 0 Å². The minimum atomic E-state index is -1.23. The molecular formula is C10H14N4O3. The van der Waals surface area contributed by atoms with Crippen molar-refractivity contribution >= 4 is 5.69 Å². The lowest BCUT2D eigenvalue weighted by molar-refractivity contribution is 0.0247. The van der Waals surface area contributed by atoms with Crippen LogP contribution in [0.3, 0.4) is 0 Å². The van der Waals surface area contributed by atoms with Crippen LogP contribution in [0.1, 0.15) is 11.7 Å². The molecule has 0 bridgehead atoms. The van der Waals surface area contributed by atoms with Crippen molar-refractivity contribution < 1.29 is 14.9 Å². The normalized spacial score (nSPS) is 13.6. The van der Waals surface area contributed by atoms with Gasteiger partial charge in [0.1, 0.15) is 11.9 Å². The number of anilines is 1. The van der Waals surface area contributed by atoms with Crippen molar-refractivity contribution in [1.82, 2.24) is 0 Å². The number of nitrogen functional groups attached to an aromatic ring is 1. The second-order valence-corrected chi connectivity index (χ2v) is 3.42. The molecule has 7 heteroatoms. The Bertz CT molecular complexity index is 432. The Morgan fingerprint density at radius 1 is 1.53 bits per heavy atom. The quantitative estimate of drug-likeness (QED) is 0.306. The summed E-state index contributed by atoms with van der Waals surface area (Å²) >= 11 is 0. The summed E-state index contributed by atoms with van der Waals surface area (Å²) in [5, 5.41) is 22.6. The van der Waals surface area contributed by atoms with Crippen molar-refractivity contribution in [2.24, 2.45) is 5.11 Å². The molecule has 92 valence electrons. The number of methoxy groups -OCH3 is 1. The maximum Gasteiger partial charge on any atom is 0.119 e. The lowest BCUT2D eigenvalue weighted by Crippen LogP contribution is -2.22. The number of nitrogens with zero attached hydrogens (tertiary/aromatic N) is 3. The molecule has 17 heavy (non-hydrogen) atoms. The molecule has 2 unspecified atom stereocenters. The summed E-state index contributed by atoms with van der Waals surface area (Å²) in [6.07, 6.45) is -2.43. The third-order valence-corrected chi connectivity index (χ3v) is 2.31. The summed E-state index contributed by atoms with van der Waals surface area (Å²) in [7, 11) is 1.48. The van der Waals surface area contributed by atoms with E-state index < -0.39 is 12.2 Å². The molecule has 0 aromatic heterocycles. The van der Waals surface area contributed by atoms with Crippen LogP contribution in [0.15, 0.2) is 23.3 Å². The predicted octanol–water partition coefficient (Wildman–Crippen LogP) is 0.982. The Morgan fingerprint density at radius 3 is 2.82 bits per heavy atom. The van der Waals surface area contributed by atoms with E-state index >= 15 is 0 Å². The van der Waals surface area contributed by atoms with E-state index in [1.54, 1.807) is 12.1 Å². The summed E-state index contributed by atoms with van der Waals surface area (Å²) in [5.41, 5.74) is 14.5. The maximum atomic E-state index is 9.85. The zero-order valence-electron chi connectivity index (χ0n) is 9.32. The lowest BCUT2D eigenvalue weighted by Gasteiger charge is -2.18. The standard InChI is InChI=1S/C10H14N4O3/c1-17-6-2-3-8(11)7(4-6)10(16)9(15)5-13-14-12/h2-4,9-10,15-16H,5,11H2,1H3. The first-order valence-electron chi connectivity index (χ1n) is 4.90. The number of hydrogen-bond acceptors (Lipinski definition) is 5. The van der Waals surface area contributed by atoms with Gasteiger partial charge in [0.05, 0.1) is 19.8 Å². The highest BCUT2D eigenvalue weighted by Gasteiger charge is 2.20. The topological polar surface area (TPSA) is 124 Å². The van der Waals surface area contributed by atoms with E-state index in [-0.39, 0.29) is 6.54 Å². The second kappa shape index (κ2) is 5.95. The van der Waals surface area contributed by atoms with Crippen LogP contribution < -0.4 is 10.5 Å². The SMILES string of the molecule is COc1ccc(N)c(C(O)C(O)CN=[N+]=[N-])c1. The summed E-state index contributed by atoms with van der Waals surface area (Å²) in [5.74, 6) is 0.518. The van der Waals surface area contributed by atoms with Gasteiger partial charge in [0.15, 0.2) is 0 Å². The molecule has 0 aliphatic heterocycles. The van der Waals surface area contributed by atoms with Gasteiger partial charge in [-0.15, -0.1) is 0 Å². The van der Waals surface area contributed by atoms with Gasteiger partial charge >= 0.3 is 0 Å². The minimum absolute atomic E-state index is 0.228. The first-order valence-corrected chi connectivity index (χ1v) is 4.90. The fourth-order valence-corrected chi connectivity index (χ4v) is 1.36. The molecule has 4 N–H and O–H groups in total. The molecule has 7 nitrogen and oxygen atoms in total. The average molecular weight is 238 g/mol. The van der Waals surface area contributed by atoms with Crippen LogP contribution in [-0.2, 0) is 0 Å². The number of benzene rings is 1. The summed E-state index contributed by atoms with van der Waals surface area (Å²) in [6, 6.07) is 4.74. The number of aliphatic hydroxyl groups excluding tert-OH is 2. The van der Waals surface area contributed by atoms with Crippen molar-refractivity contribution in [3.63, 3.8) is 0 Å². The first kappa shape index (κ1) is 13.1. The van der Waals surface area contributed by atoms with Crippen LogP contribution in [0.25, 0.3) is 10.4 Å². The van der Waals surface area contributed by atoms with Gasteiger partial charge in [-0.25, -0.2) is 0 Å². The highest BCUT2D eigenvalue weighted by Crippen LogP contribution is 2.27. The zero-order valence-corrected chi connectivity index (χ0v) is 9.32. The fourth-order valence-electron chi connectivity index (χ4n) is 1.36. The third-order valence-electron chi connectivity index (χ3n) is 2.31. The number of nitrogens with two attached hydrogens (primary N) is 1. The second-order valence-electron chi connectivity index (χ2n) is 3.42. The zero-order chi connectivity index (χ0) is 12.8. The highest BCUT2D eigenvalue weighted by atomic mass is 16.5. The number of hydrogen-bond donors (Lipinski definition) is 3. The monoisotopic (exact) mass is 238 g/mol. The molecule has 0 amide bonds. The van der Waals surface area contributed by atoms with E-state index in [9.17, 15) is 10.2 Å². The number of aliphatic hydroxyl groups is 2. The number of azide groups is 1. The van der Waals surface area contributed by atoms with Gasteiger partial charge in [-0.05, 0) is 23.7 Å². The van der Waals surface area contributed by atoms with Crippen LogP contribution in [0.5, 0.6) is 5.75 Å². The molecule has 0 fully saturated rings. The van der Waals surface area contributed by atoms with Gasteiger partial charge in [0.25, 0.3) is 0 Å². The Balaban J connectivity index is 2.93. The van der Waals surface area contributed by atoms with Crippen LogP contribution in [0, 0.1) is 0 Å². The van der Waals surface area contributed by atoms with Crippen LogP contribution >= 0.6 is 0 Å². The van der Waals surface area contributed by atoms with Crippen LogP contribution in [0.2, 0.25) is 0 Å². The van der Waals surface area contributed by atoms with Crippen molar-refractivity contribution in [3.05, 3.63) is 34.2 Å². The Morgan fingerprint density at radius 2 is 2.24 bits per heavy atom. The van der Waals surface area contributed by atoms with Gasteiger partial charge in [-0.1, -0.05) is 5.11 Å². The molecule has 0 heterocycles. The minimum Gasteiger partial charge on any atom is -0.497 e. The first-order chi connectivity index (χ1) is 8.10. The Kier molecular flexibility index (Phi) is 4.59.